The zero-order valence-corrected chi connectivity index (χ0v) is 15.5. The van der Waals surface area contributed by atoms with Crippen molar-refractivity contribution in [2.75, 3.05) is 25.0 Å². The van der Waals surface area contributed by atoms with E-state index in [1.54, 1.807) is 25.1 Å². The fourth-order valence-corrected chi connectivity index (χ4v) is 2.47. The number of alkyl halides is 3. The predicted molar refractivity (Wildman–Crippen MR) is 99.0 cm³/mol. The molecular formula is C20H18F3N3O3. The lowest BCUT2D eigenvalue weighted by molar-refractivity contribution is -0.137. The summed E-state index contributed by atoms with van der Waals surface area (Å²) in [6, 6.07) is 12.8. The number of benzene rings is 2. The van der Waals surface area contributed by atoms with Gasteiger partial charge in [0, 0.05) is 6.54 Å². The number of halogens is 3. The van der Waals surface area contributed by atoms with Gasteiger partial charge in [-0.05, 0) is 37.3 Å². The number of carbonyl (C=O) groups is 2. The van der Waals surface area contributed by atoms with Crippen LogP contribution in [0.2, 0.25) is 0 Å². The molecule has 0 atom stereocenters. The minimum atomic E-state index is -4.62. The second kappa shape index (κ2) is 9.59. The Labute approximate surface area is 165 Å². The lowest BCUT2D eigenvalue weighted by atomic mass is 10.1. The summed E-state index contributed by atoms with van der Waals surface area (Å²) in [5.74, 6) is -0.963. The molecule has 0 saturated heterocycles. The number of amides is 2. The third-order valence-corrected chi connectivity index (χ3v) is 3.90. The van der Waals surface area contributed by atoms with Crippen LogP contribution in [0.5, 0.6) is 5.75 Å². The molecule has 2 aromatic rings. The largest absolute Gasteiger partial charge is 0.484 e. The van der Waals surface area contributed by atoms with Crippen molar-refractivity contribution in [1.82, 2.24) is 4.90 Å². The number of likely N-dealkylation sites (N-methyl/N-ethyl adjacent to an activating group) is 1. The van der Waals surface area contributed by atoms with Gasteiger partial charge in [0.2, 0.25) is 5.91 Å². The molecule has 2 amide bonds. The highest BCUT2D eigenvalue weighted by atomic mass is 19.4. The highest BCUT2D eigenvalue weighted by molar-refractivity contribution is 5.95. The van der Waals surface area contributed by atoms with Crippen molar-refractivity contribution < 1.29 is 27.5 Å². The Bertz CT molecular complexity index is 923. The van der Waals surface area contributed by atoms with Gasteiger partial charge in [0.1, 0.15) is 5.75 Å². The summed E-state index contributed by atoms with van der Waals surface area (Å²) in [5, 5.41) is 11.1. The highest BCUT2D eigenvalue weighted by Crippen LogP contribution is 2.34. The highest BCUT2D eigenvalue weighted by Gasteiger charge is 2.33. The van der Waals surface area contributed by atoms with Crippen LogP contribution in [0.15, 0.2) is 48.5 Å². The fraction of sp³-hybridized carbons (Fsp3) is 0.250. The number of anilines is 1. The molecule has 0 aliphatic carbocycles. The molecule has 0 saturated carbocycles. The van der Waals surface area contributed by atoms with Crippen LogP contribution in [0.3, 0.4) is 0 Å². The molecule has 0 bridgehead atoms. The van der Waals surface area contributed by atoms with E-state index < -0.39 is 30.1 Å². The van der Waals surface area contributed by atoms with E-state index in [-0.39, 0.29) is 18.8 Å². The monoisotopic (exact) mass is 405 g/mol. The lowest BCUT2D eigenvalue weighted by Crippen LogP contribution is -2.40. The first kappa shape index (κ1) is 21.8. The second-order valence-electron chi connectivity index (χ2n) is 5.93. The predicted octanol–water partition coefficient (Wildman–Crippen LogP) is 3.44. The SMILES string of the molecule is CCN(CC(=O)Nc1ccccc1C(F)(F)F)C(=O)COc1cccc(C#N)c1. The Morgan fingerprint density at radius 1 is 1.17 bits per heavy atom. The van der Waals surface area contributed by atoms with E-state index in [1.165, 1.54) is 18.2 Å². The molecule has 0 unspecified atom stereocenters. The number of para-hydroxylation sites is 1. The van der Waals surface area contributed by atoms with Crippen molar-refractivity contribution in [2.24, 2.45) is 0 Å². The number of carbonyl (C=O) groups excluding carboxylic acids is 2. The maximum absolute atomic E-state index is 13.0. The zero-order valence-electron chi connectivity index (χ0n) is 15.5. The van der Waals surface area contributed by atoms with Gasteiger partial charge < -0.3 is 15.0 Å². The van der Waals surface area contributed by atoms with Crippen molar-refractivity contribution in [3.8, 4) is 11.8 Å². The fourth-order valence-electron chi connectivity index (χ4n) is 2.47. The standard InChI is InChI=1S/C20H18F3N3O3/c1-2-26(19(28)13-29-15-7-5-6-14(10-15)11-24)12-18(27)25-17-9-4-3-8-16(17)20(21,22)23/h3-10H,2,12-13H2,1H3,(H,25,27). The minimum absolute atomic E-state index is 0.161. The van der Waals surface area contributed by atoms with Gasteiger partial charge in [0.25, 0.3) is 5.91 Å². The van der Waals surface area contributed by atoms with Gasteiger partial charge in [0.05, 0.1) is 29.4 Å². The molecule has 152 valence electrons. The first-order valence-electron chi connectivity index (χ1n) is 8.61. The van der Waals surface area contributed by atoms with E-state index in [2.05, 4.69) is 5.32 Å². The summed E-state index contributed by atoms with van der Waals surface area (Å²) >= 11 is 0. The lowest BCUT2D eigenvalue weighted by Gasteiger charge is -2.21. The van der Waals surface area contributed by atoms with Crippen molar-refractivity contribution in [3.05, 3.63) is 59.7 Å². The van der Waals surface area contributed by atoms with Gasteiger partial charge in [-0.1, -0.05) is 18.2 Å². The van der Waals surface area contributed by atoms with E-state index in [1.807, 2.05) is 6.07 Å². The minimum Gasteiger partial charge on any atom is -0.484 e. The zero-order chi connectivity index (χ0) is 21.4. The van der Waals surface area contributed by atoms with Crippen LogP contribution in [0.25, 0.3) is 0 Å². The number of rotatable bonds is 7. The van der Waals surface area contributed by atoms with E-state index >= 15 is 0 Å². The normalized spacial score (nSPS) is 10.7. The van der Waals surface area contributed by atoms with Crippen molar-refractivity contribution in [2.45, 2.75) is 13.1 Å². The molecule has 29 heavy (non-hydrogen) atoms. The second-order valence-corrected chi connectivity index (χ2v) is 5.93. The first-order chi connectivity index (χ1) is 13.7. The summed E-state index contributed by atoms with van der Waals surface area (Å²) < 4.78 is 44.4. The molecule has 0 fully saturated rings. The number of nitriles is 1. The van der Waals surface area contributed by atoms with Crippen molar-refractivity contribution in [1.29, 1.82) is 5.26 Å². The molecule has 0 radical (unpaired) electrons. The maximum atomic E-state index is 13.0. The number of hydrogen-bond donors (Lipinski definition) is 1. The average Bonchev–Trinajstić information content (AvgIpc) is 2.70. The molecule has 2 aromatic carbocycles. The molecule has 9 heteroatoms. The summed E-state index contributed by atoms with van der Waals surface area (Å²) in [6.45, 7) is 0.984. The van der Waals surface area contributed by atoms with Crippen LogP contribution in [0, 0.1) is 11.3 Å². The topological polar surface area (TPSA) is 82.4 Å². The summed E-state index contributed by atoms with van der Waals surface area (Å²) in [7, 11) is 0. The van der Waals surface area contributed by atoms with Crippen LogP contribution < -0.4 is 10.1 Å². The molecule has 2 rings (SSSR count). The van der Waals surface area contributed by atoms with Gasteiger partial charge in [-0.3, -0.25) is 9.59 Å². The van der Waals surface area contributed by atoms with Gasteiger partial charge in [-0.15, -0.1) is 0 Å². The van der Waals surface area contributed by atoms with Gasteiger partial charge in [0.15, 0.2) is 6.61 Å². The Morgan fingerprint density at radius 3 is 2.55 bits per heavy atom. The Kier molecular flexibility index (Phi) is 7.20. The van der Waals surface area contributed by atoms with E-state index in [0.29, 0.717) is 11.3 Å². The molecule has 0 spiro atoms. The number of nitrogens with one attached hydrogen (secondary N) is 1. The average molecular weight is 405 g/mol. The van der Waals surface area contributed by atoms with Crippen LogP contribution in [-0.2, 0) is 15.8 Å². The smallest absolute Gasteiger partial charge is 0.418 e. The Morgan fingerprint density at radius 2 is 1.90 bits per heavy atom. The molecule has 1 N–H and O–H groups in total. The molecule has 6 nitrogen and oxygen atoms in total. The van der Waals surface area contributed by atoms with Crippen LogP contribution in [0.1, 0.15) is 18.1 Å². The third-order valence-electron chi connectivity index (χ3n) is 3.90. The van der Waals surface area contributed by atoms with Gasteiger partial charge in [-0.2, -0.15) is 18.4 Å². The molecule has 0 aromatic heterocycles. The first-order valence-corrected chi connectivity index (χ1v) is 8.61. The number of ether oxygens (including phenoxy) is 1. The molecule has 0 heterocycles. The summed E-state index contributed by atoms with van der Waals surface area (Å²) in [5.41, 5.74) is -0.980. The summed E-state index contributed by atoms with van der Waals surface area (Å²) in [4.78, 5) is 25.6. The molecule has 0 aliphatic rings. The molecular weight excluding hydrogens is 387 g/mol. The third kappa shape index (κ3) is 6.24. The Balaban J connectivity index is 1.97. The summed E-state index contributed by atoms with van der Waals surface area (Å²) in [6.07, 6.45) is -4.62. The maximum Gasteiger partial charge on any atom is 0.418 e. The van der Waals surface area contributed by atoms with Crippen molar-refractivity contribution >= 4 is 17.5 Å². The number of hydrogen-bond acceptors (Lipinski definition) is 4. The number of nitrogens with zero attached hydrogens (tertiary/aromatic N) is 2. The van der Waals surface area contributed by atoms with Gasteiger partial charge in [-0.25, -0.2) is 0 Å². The van der Waals surface area contributed by atoms with E-state index in [9.17, 15) is 22.8 Å². The Hall–Kier alpha value is -3.54. The quantitative estimate of drug-likeness (QED) is 0.765. The van der Waals surface area contributed by atoms with Crippen LogP contribution in [-0.4, -0.2) is 36.4 Å². The van der Waals surface area contributed by atoms with Crippen LogP contribution in [0.4, 0.5) is 18.9 Å². The van der Waals surface area contributed by atoms with E-state index in [0.717, 1.165) is 17.0 Å². The molecule has 0 aliphatic heterocycles. The van der Waals surface area contributed by atoms with Gasteiger partial charge >= 0.3 is 6.18 Å². The van der Waals surface area contributed by atoms with Crippen molar-refractivity contribution in [3.63, 3.8) is 0 Å². The van der Waals surface area contributed by atoms with Crippen LogP contribution >= 0.6 is 0 Å². The van der Waals surface area contributed by atoms with E-state index in [4.69, 9.17) is 10.00 Å².